The van der Waals surface area contributed by atoms with Gasteiger partial charge in [-0.3, -0.25) is 4.79 Å². The van der Waals surface area contributed by atoms with Gasteiger partial charge in [0.1, 0.15) is 5.82 Å². The van der Waals surface area contributed by atoms with Crippen molar-refractivity contribution in [3.05, 3.63) is 35.6 Å². The molecule has 2 saturated carbocycles. The van der Waals surface area contributed by atoms with Crippen molar-refractivity contribution in [1.82, 2.24) is 5.32 Å². The highest BCUT2D eigenvalue weighted by atomic mass is 19.1. The first-order valence-corrected chi connectivity index (χ1v) is 6.29. The summed E-state index contributed by atoms with van der Waals surface area (Å²) in [6, 6.07) is 6.08. The smallest absolute Gasteiger partial charge is 0.251 e. The minimum Gasteiger partial charge on any atom is -0.349 e. The number of nitrogens with one attached hydrogen (secondary N) is 1. The van der Waals surface area contributed by atoms with Gasteiger partial charge in [0.15, 0.2) is 0 Å². The predicted molar refractivity (Wildman–Crippen MR) is 63.1 cm³/mol. The molecule has 1 N–H and O–H groups in total. The summed E-state index contributed by atoms with van der Waals surface area (Å²) in [4.78, 5) is 12.0. The average molecular weight is 233 g/mol. The second kappa shape index (κ2) is 4.13. The highest BCUT2D eigenvalue weighted by Crippen LogP contribution is 2.44. The maximum atomic E-state index is 12.7. The van der Waals surface area contributed by atoms with Crippen LogP contribution in [0.3, 0.4) is 0 Å². The van der Waals surface area contributed by atoms with Gasteiger partial charge < -0.3 is 5.32 Å². The standard InChI is InChI=1S/C14H16FNO/c15-12-5-3-10(4-6-12)14(17)16-13-8-9-1-2-11(13)7-9/h3-6,9,11,13H,1-2,7-8H2,(H,16,17)/t9-,11-,13+/m0/s1. The number of rotatable bonds is 2. The highest BCUT2D eigenvalue weighted by Gasteiger charge is 2.40. The number of hydrogen-bond donors (Lipinski definition) is 1. The molecule has 2 fully saturated rings. The molecule has 0 saturated heterocycles. The zero-order valence-electron chi connectivity index (χ0n) is 9.66. The van der Waals surface area contributed by atoms with Gasteiger partial charge in [0.2, 0.25) is 0 Å². The van der Waals surface area contributed by atoms with Crippen LogP contribution in [0.25, 0.3) is 0 Å². The molecule has 1 aromatic carbocycles. The highest BCUT2D eigenvalue weighted by molar-refractivity contribution is 5.94. The summed E-state index contributed by atoms with van der Waals surface area (Å²) in [5, 5.41) is 3.08. The molecule has 1 amide bonds. The van der Waals surface area contributed by atoms with Crippen LogP contribution in [0.15, 0.2) is 24.3 Å². The normalized spacial score (nSPS) is 30.5. The maximum Gasteiger partial charge on any atom is 0.251 e. The van der Waals surface area contributed by atoms with Crippen molar-refractivity contribution in [3.8, 4) is 0 Å². The minimum absolute atomic E-state index is 0.0671. The van der Waals surface area contributed by atoms with Crippen molar-refractivity contribution in [2.75, 3.05) is 0 Å². The fourth-order valence-electron chi connectivity index (χ4n) is 3.27. The van der Waals surface area contributed by atoms with Crippen LogP contribution in [-0.4, -0.2) is 11.9 Å². The van der Waals surface area contributed by atoms with Gasteiger partial charge in [-0.1, -0.05) is 6.42 Å². The zero-order valence-corrected chi connectivity index (χ0v) is 9.66. The van der Waals surface area contributed by atoms with Crippen LogP contribution < -0.4 is 5.32 Å². The molecule has 3 atom stereocenters. The monoisotopic (exact) mass is 233 g/mol. The summed E-state index contributed by atoms with van der Waals surface area (Å²) in [5.74, 6) is 1.12. The quantitative estimate of drug-likeness (QED) is 0.836. The number of carbonyl (C=O) groups excluding carboxylic acids is 1. The maximum absolute atomic E-state index is 12.7. The Morgan fingerprint density at radius 1 is 1.18 bits per heavy atom. The Balaban J connectivity index is 1.65. The molecule has 2 aliphatic rings. The summed E-state index contributed by atoms with van der Waals surface area (Å²) in [7, 11) is 0. The van der Waals surface area contributed by atoms with Crippen molar-refractivity contribution in [2.24, 2.45) is 11.8 Å². The van der Waals surface area contributed by atoms with Crippen molar-refractivity contribution >= 4 is 5.91 Å². The van der Waals surface area contributed by atoms with E-state index >= 15 is 0 Å². The number of hydrogen-bond acceptors (Lipinski definition) is 1. The van der Waals surface area contributed by atoms with Crippen molar-refractivity contribution < 1.29 is 9.18 Å². The first kappa shape index (κ1) is 10.8. The van der Waals surface area contributed by atoms with Crippen molar-refractivity contribution in [3.63, 3.8) is 0 Å². The molecule has 3 heteroatoms. The topological polar surface area (TPSA) is 29.1 Å². The third kappa shape index (κ3) is 2.06. The molecule has 1 aromatic rings. The fourth-order valence-corrected chi connectivity index (χ4v) is 3.27. The summed E-state index contributed by atoms with van der Waals surface area (Å²) in [6.07, 6.45) is 4.97. The molecule has 2 nitrogen and oxygen atoms in total. The second-order valence-electron chi connectivity index (χ2n) is 5.26. The van der Waals surface area contributed by atoms with E-state index in [9.17, 15) is 9.18 Å². The van der Waals surface area contributed by atoms with Crippen LogP contribution in [0.5, 0.6) is 0 Å². The molecule has 0 spiro atoms. The zero-order chi connectivity index (χ0) is 11.8. The van der Waals surface area contributed by atoms with Crippen LogP contribution in [-0.2, 0) is 0 Å². The van der Waals surface area contributed by atoms with E-state index in [-0.39, 0.29) is 11.7 Å². The van der Waals surface area contributed by atoms with Gasteiger partial charge in [-0.05, 0) is 55.4 Å². The Kier molecular flexibility index (Phi) is 2.61. The summed E-state index contributed by atoms with van der Waals surface area (Å²) < 4.78 is 12.7. The Hall–Kier alpha value is -1.38. The van der Waals surface area contributed by atoms with E-state index in [2.05, 4.69) is 5.32 Å². The van der Waals surface area contributed by atoms with E-state index in [1.165, 1.54) is 43.5 Å². The van der Waals surface area contributed by atoms with Crippen LogP contribution >= 0.6 is 0 Å². The molecular weight excluding hydrogens is 217 g/mol. The van der Waals surface area contributed by atoms with Gasteiger partial charge in [0, 0.05) is 11.6 Å². The molecule has 17 heavy (non-hydrogen) atoms. The van der Waals surface area contributed by atoms with E-state index in [0.29, 0.717) is 17.5 Å². The minimum atomic E-state index is -0.304. The van der Waals surface area contributed by atoms with Crippen molar-refractivity contribution in [1.29, 1.82) is 0 Å². The molecule has 0 unspecified atom stereocenters. The predicted octanol–water partition coefficient (Wildman–Crippen LogP) is 2.74. The molecule has 0 aromatic heterocycles. The molecule has 90 valence electrons. The molecule has 0 heterocycles. The third-order valence-corrected chi connectivity index (χ3v) is 4.16. The third-order valence-electron chi connectivity index (χ3n) is 4.16. The largest absolute Gasteiger partial charge is 0.349 e. The van der Waals surface area contributed by atoms with Crippen LogP contribution in [0.4, 0.5) is 4.39 Å². The Morgan fingerprint density at radius 3 is 2.53 bits per heavy atom. The first-order chi connectivity index (χ1) is 8.22. The van der Waals surface area contributed by atoms with Crippen LogP contribution in [0.2, 0.25) is 0 Å². The number of fused-ring (bicyclic) bond motifs is 2. The van der Waals surface area contributed by atoms with Crippen LogP contribution in [0.1, 0.15) is 36.0 Å². The van der Waals surface area contributed by atoms with E-state index in [1.807, 2.05) is 0 Å². The van der Waals surface area contributed by atoms with Gasteiger partial charge in [-0.2, -0.15) is 0 Å². The fraction of sp³-hybridized carbons (Fsp3) is 0.500. The van der Waals surface area contributed by atoms with Gasteiger partial charge in [-0.15, -0.1) is 0 Å². The Morgan fingerprint density at radius 2 is 1.94 bits per heavy atom. The number of carbonyl (C=O) groups is 1. The lowest BCUT2D eigenvalue weighted by Gasteiger charge is -2.22. The number of halogens is 1. The molecule has 0 radical (unpaired) electrons. The van der Waals surface area contributed by atoms with E-state index in [0.717, 1.165) is 12.3 Å². The Bertz CT molecular complexity index is 428. The summed E-state index contributed by atoms with van der Waals surface area (Å²) in [5.41, 5.74) is 0.550. The van der Waals surface area contributed by atoms with Gasteiger partial charge in [0.25, 0.3) is 5.91 Å². The Labute approximate surface area is 100 Å². The van der Waals surface area contributed by atoms with Gasteiger partial charge in [0.05, 0.1) is 0 Å². The molecule has 2 aliphatic carbocycles. The summed E-state index contributed by atoms with van der Waals surface area (Å²) >= 11 is 0. The molecule has 0 aliphatic heterocycles. The van der Waals surface area contributed by atoms with Gasteiger partial charge in [-0.25, -0.2) is 4.39 Å². The average Bonchev–Trinajstić information content (AvgIpc) is 2.91. The lowest BCUT2D eigenvalue weighted by Crippen LogP contribution is -2.38. The molecular formula is C14H16FNO. The van der Waals surface area contributed by atoms with Crippen molar-refractivity contribution in [2.45, 2.75) is 31.7 Å². The lowest BCUT2D eigenvalue weighted by atomic mass is 9.95. The second-order valence-corrected chi connectivity index (χ2v) is 5.26. The van der Waals surface area contributed by atoms with E-state index in [1.54, 1.807) is 0 Å². The SMILES string of the molecule is O=C(N[C@@H]1C[C@H]2CC[C@H]1C2)c1ccc(F)cc1. The van der Waals surface area contributed by atoms with Crippen LogP contribution in [0, 0.1) is 17.7 Å². The van der Waals surface area contributed by atoms with E-state index in [4.69, 9.17) is 0 Å². The van der Waals surface area contributed by atoms with E-state index < -0.39 is 0 Å². The number of benzene rings is 1. The lowest BCUT2D eigenvalue weighted by molar-refractivity contribution is 0.0923. The number of amides is 1. The molecule has 2 bridgehead atoms. The molecule has 3 rings (SSSR count). The van der Waals surface area contributed by atoms with Gasteiger partial charge >= 0.3 is 0 Å². The first-order valence-electron chi connectivity index (χ1n) is 6.29. The summed E-state index contributed by atoms with van der Waals surface area (Å²) in [6.45, 7) is 0.